The van der Waals surface area contributed by atoms with Gasteiger partial charge in [-0.1, -0.05) is 48.5 Å². The summed E-state index contributed by atoms with van der Waals surface area (Å²) in [6.07, 6.45) is 1.41. The van der Waals surface area contributed by atoms with E-state index in [9.17, 15) is 9.59 Å². The highest BCUT2D eigenvalue weighted by molar-refractivity contribution is 5.95. The van der Waals surface area contributed by atoms with Gasteiger partial charge in [-0.05, 0) is 30.5 Å². The van der Waals surface area contributed by atoms with Crippen LogP contribution in [0.3, 0.4) is 0 Å². The lowest BCUT2D eigenvalue weighted by atomic mass is 9.95. The standard InChI is InChI=1S/C22H27N3O2/c1-23(2)22(27)24-15-13-19(14-16-24)21(26)25(20-11-7-4-8-12-20)17-18-9-5-3-6-10-18/h3-12,19H,13-17H2,1-2H3. The molecule has 0 saturated carbocycles. The molecular weight excluding hydrogens is 338 g/mol. The summed E-state index contributed by atoms with van der Waals surface area (Å²) in [6, 6.07) is 19.9. The molecule has 1 heterocycles. The number of nitrogens with zero attached hydrogens (tertiary/aromatic N) is 3. The number of rotatable bonds is 4. The molecule has 0 atom stereocenters. The maximum Gasteiger partial charge on any atom is 0.319 e. The molecule has 0 radical (unpaired) electrons. The highest BCUT2D eigenvalue weighted by Gasteiger charge is 2.31. The van der Waals surface area contributed by atoms with Crippen LogP contribution in [0.1, 0.15) is 18.4 Å². The second-order valence-electron chi connectivity index (χ2n) is 7.18. The molecule has 0 spiro atoms. The second-order valence-corrected chi connectivity index (χ2v) is 7.18. The quantitative estimate of drug-likeness (QED) is 0.831. The number of carbonyl (C=O) groups excluding carboxylic acids is 2. The predicted molar refractivity (Wildman–Crippen MR) is 107 cm³/mol. The molecule has 2 aromatic carbocycles. The van der Waals surface area contributed by atoms with E-state index in [4.69, 9.17) is 0 Å². The molecule has 0 unspecified atom stereocenters. The zero-order valence-electron chi connectivity index (χ0n) is 16.0. The number of para-hydroxylation sites is 1. The molecule has 0 aromatic heterocycles. The molecule has 0 bridgehead atoms. The van der Waals surface area contributed by atoms with Crippen LogP contribution in [-0.4, -0.2) is 48.9 Å². The number of anilines is 1. The SMILES string of the molecule is CN(C)C(=O)N1CCC(C(=O)N(Cc2ccccc2)c2ccccc2)CC1. The Kier molecular flexibility index (Phi) is 6.12. The van der Waals surface area contributed by atoms with Crippen molar-refractivity contribution in [2.75, 3.05) is 32.1 Å². The first-order valence-electron chi connectivity index (χ1n) is 9.43. The highest BCUT2D eigenvalue weighted by atomic mass is 16.2. The van der Waals surface area contributed by atoms with Crippen molar-refractivity contribution in [1.29, 1.82) is 0 Å². The number of urea groups is 1. The molecule has 1 aliphatic heterocycles. The second kappa shape index (κ2) is 8.71. The first-order chi connectivity index (χ1) is 13.1. The maximum absolute atomic E-state index is 13.3. The molecule has 0 aliphatic carbocycles. The summed E-state index contributed by atoms with van der Waals surface area (Å²) >= 11 is 0. The minimum Gasteiger partial charge on any atom is -0.331 e. The van der Waals surface area contributed by atoms with Crippen LogP contribution in [0, 0.1) is 5.92 Å². The van der Waals surface area contributed by atoms with E-state index in [1.807, 2.05) is 70.5 Å². The van der Waals surface area contributed by atoms with Crippen molar-refractivity contribution < 1.29 is 9.59 Å². The summed E-state index contributed by atoms with van der Waals surface area (Å²) in [4.78, 5) is 30.7. The molecule has 3 amide bonds. The minimum atomic E-state index is -0.0554. The van der Waals surface area contributed by atoms with E-state index in [0.717, 1.165) is 11.3 Å². The normalized spacial score (nSPS) is 14.7. The zero-order valence-corrected chi connectivity index (χ0v) is 16.0. The third-order valence-electron chi connectivity index (χ3n) is 5.01. The van der Waals surface area contributed by atoms with Crippen LogP contribution in [-0.2, 0) is 11.3 Å². The number of carbonyl (C=O) groups is 2. The van der Waals surface area contributed by atoms with E-state index in [1.165, 1.54) is 0 Å². The van der Waals surface area contributed by atoms with E-state index in [2.05, 4.69) is 0 Å². The van der Waals surface area contributed by atoms with Gasteiger partial charge in [0.2, 0.25) is 5.91 Å². The van der Waals surface area contributed by atoms with Crippen LogP contribution in [0.4, 0.5) is 10.5 Å². The Labute approximate surface area is 161 Å². The van der Waals surface area contributed by atoms with Crippen molar-refractivity contribution >= 4 is 17.6 Å². The molecule has 142 valence electrons. The maximum atomic E-state index is 13.3. The molecule has 2 aromatic rings. The lowest BCUT2D eigenvalue weighted by Crippen LogP contribution is -2.47. The Morgan fingerprint density at radius 1 is 0.926 bits per heavy atom. The number of benzene rings is 2. The number of hydrogen-bond acceptors (Lipinski definition) is 2. The summed E-state index contributed by atoms with van der Waals surface area (Å²) in [5.41, 5.74) is 2.02. The fourth-order valence-electron chi connectivity index (χ4n) is 3.49. The van der Waals surface area contributed by atoms with Crippen molar-refractivity contribution in [2.24, 2.45) is 5.92 Å². The lowest BCUT2D eigenvalue weighted by Gasteiger charge is -2.35. The number of amides is 3. The van der Waals surface area contributed by atoms with E-state index >= 15 is 0 Å². The van der Waals surface area contributed by atoms with E-state index < -0.39 is 0 Å². The predicted octanol–water partition coefficient (Wildman–Crippen LogP) is 3.61. The molecule has 1 fully saturated rings. The van der Waals surface area contributed by atoms with Crippen molar-refractivity contribution in [3.05, 3.63) is 66.2 Å². The van der Waals surface area contributed by atoms with Gasteiger partial charge in [-0.25, -0.2) is 4.79 Å². The van der Waals surface area contributed by atoms with Gasteiger partial charge in [0.25, 0.3) is 0 Å². The average Bonchev–Trinajstić information content (AvgIpc) is 2.72. The first-order valence-corrected chi connectivity index (χ1v) is 9.43. The van der Waals surface area contributed by atoms with Crippen molar-refractivity contribution in [1.82, 2.24) is 9.80 Å². The average molecular weight is 365 g/mol. The van der Waals surface area contributed by atoms with Gasteiger partial charge < -0.3 is 14.7 Å². The molecule has 27 heavy (non-hydrogen) atoms. The zero-order chi connectivity index (χ0) is 19.2. The number of piperidine rings is 1. The van der Waals surface area contributed by atoms with Crippen LogP contribution in [0.2, 0.25) is 0 Å². The van der Waals surface area contributed by atoms with Gasteiger partial charge in [0, 0.05) is 38.8 Å². The summed E-state index contributed by atoms with van der Waals surface area (Å²) in [6.45, 7) is 1.81. The summed E-state index contributed by atoms with van der Waals surface area (Å²) in [5, 5.41) is 0. The van der Waals surface area contributed by atoms with Crippen LogP contribution >= 0.6 is 0 Å². The number of likely N-dealkylation sites (tertiary alicyclic amines) is 1. The van der Waals surface area contributed by atoms with Crippen LogP contribution in [0.15, 0.2) is 60.7 Å². The summed E-state index contributed by atoms with van der Waals surface area (Å²) < 4.78 is 0. The van der Waals surface area contributed by atoms with Crippen LogP contribution in [0.5, 0.6) is 0 Å². The van der Waals surface area contributed by atoms with E-state index in [-0.39, 0.29) is 17.9 Å². The van der Waals surface area contributed by atoms with Gasteiger partial charge in [-0.2, -0.15) is 0 Å². The Balaban J connectivity index is 1.73. The molecule has 1 aliphatic rings. The van der Waals surface area contributed by atoms with Gasteiger partial charge in [0.1, 0.15) is 0 Å². The Morgan fingerprint density at radius 2 is 1.48 bits per heavy atom. The van der Waals surface area contributed by atoms with Gasteiger partial charge in [0.15, 0.2) is 0 Å². The summed E-state index contributed by atoms with van der Waals surface area (Å²) in [7, 11) is 3.52. The molecule has 0 N–H and O–H groups in total. The fourth-order valence-corrected chi connectivity index (χ4v) is 3.49. The first kappa shape index (κ1) is 19.0. The Hall–Kier alpha value is -2.82. The van der Waals surface area contributed by atoms with E-state index in [1.54, 1.807) is 19.0 Å². The Bertz CT molecular complexity index is 754. The monoisotopic (exact) mass is 365 g/mol. The largest absolute Gasteiger partial charge is 0.331 e. The Morgan fingerprint density at radius 3 is 2.04 bits per heavy atom. The molecule has 3 rings (SSSR count). The summed E-state index contributed by atoms with van der Waals surface area (Å²) in [5.74, 6) is 0.0853. The highest BCUT2D eigenvalue weighted by Crippen LogP contribution is 2.25. The van der Waals surface area contributed by atoms with E-state index in [0.29, 0.717) is 32.5 Å². The topological polar surface area (TPSA) is 43.9 Å². The molecule has 5 heteroatoms. The van der Waals surface area contributed by atoms with Crippen molar-refractivity contribution in [2.45, 2.75) is 19.4 Å². The van der Waals surface area contributed by atoms with Crippen LogP contribution in [0.25, 0.3) is 0 Å². The minimum absolute atomic E-state index is 0.0186. The van der Waals surface area contributed by atoms with Crippen molar-refractivity contribution in [3.8, 4) is 0 Å². The van der Waals surface area contributed by atoms with Gasteiger partial charge in [-0.15, -0.1) is 0 Å². The van der Waals surface area contributed by atoms with Gasteiger partial charge in [-0.3, -0.25) is 4.79 Å². The van der Waals surface area contributed by atoms with Crippen LogP contribution < -0.4 is 4.90 Å². The smallest absolute Gasteiger partial charge is 0.319 e. The third-order valence-corrected chi connectivity index (χ3v) is 5.01. The van der Waals surface area contributed by atoms with Crippen molar-refractivity contribution in [3.63, 3.8) is 0 Å². The molecular formula is C22H27N3O2. The molecule has 5 nitrogen and oxygen atoms in total. The van der Waals surface area contributed by atoms with Gasteiger partial charge in [0.05, 0.1) is 6.54 Å². The third kappa shape index (κ3) is 4.67. The molecule has 1 saturated heterocycles. The van der Waals surface area contributed by atoms with Gasteiger partial charge >= 0.3 is 6.03 Å². The lowest BCUT2D eigenvalue weighted by molar-refractivity contribution is -0.123. The fraction of sp³-hybridized carbons (Fsp3) is 0.364. The number of hydrogen-bond donors (Lipinski definition) is 0.